The lowest BCUT2D eigenvalue weighted by Crippen LogP contribution is -2.02. The normalized spacial score (nSPS) is 10.4. The van der Waals surface area contributed by atoms with E-state index in [-0.39, 0.29) is 5.82 Å². The average molecular weight is 331 g/mol. The summed E-state index contributed by atoms with van der Waals surface area (Å²) in [5, 5.41) is 17.9. The van der Waals surface area contributed by atoms with Crippen molar-refractivity contribution in [3.8, 4) is 5.69 Å². The lowest BCUT2D eigenvalue weighted by molar-refractivity contribution is -0.389. The van der Waals surface area contributed by atoms with E-state index >= 15 is 0 Å². The first-order valence-electron chi connectivity index (χ1n) is 4.82. The number of hydrogen-bond donors (Lipinski definition) is 1. The van der Waals surface area contributed by atoms with Crippen LogP contribution in [0.4, 0.5) is 11.5 Å². The van der Waals surface area contributed by atoms with Crippen LogP contribution in [0.15, 0.2) is 22.8 Å². The monoisotopic (exact) mass is 329 g/mol. The lowest BCUT2D eigenvalue weighted by atomic mass is 10.2. The van der Waals surface area contributed by atoms with E-state index in [0.717, 1.165) is 0 Å². The zero-order valence-electron chi connectivity index (χ0n) is 9.15. The highest BCUT2D eigenvalue weighted by Gasteiger charge is 2.19. The average Bonchev–Trinajstić information content (AvgIpc) is 2.71. The Labute approximate surface area is 116 Å². The van der Waals surface area contributed by atoms with Crippen LogP contribution in [0.3, 0.4) is 0 Å². The Balaban J connectivity index is 2.60. The zero-order chi connectivity index (χ0) is 13.3. The molecule has 1 aromatic heterocycles. The molecule has 8 heteroatoms. The molecular weight excluding hydrogens is 323 g/mol. The van der Waals surface area contributed by atoms with E-state index in [2.05, 4.69) is 32.4 Å². The van der Waals surface area contributed by atoms with Crippen LogP contribution in [0, 0.1) is 16.2 Å². The maximum Gasteiger partial charge on any atom is 0.391 e. The number of halogens is 2. The highest BCUT2D eigenvalue weighted by atomic mass is 79.9. The van der Waals surface area contributed by atoms with Gasteiger partial charge in [-0.25, -0.2) is 0 Å². The van der Waals surface area contributed by atoms with Crippen molar-refractivity contribution in [2.24, 2.45) is 0 Å². The van der Waals surface area contributed by atoms with Crippen molar-refractivity contribution in [3.63, 3.8) is 0 Å². The van der Waals surface area contributed by atoms with Crippen LogP contribution in [-0.4, -0.2) is 21.8 Å². The molecule has 18 heavy (non-hydrogen) atoms. The van der Waals surface area contributed by atoms with Gasteiger partial charge in [0.1, 0.15) is 10.3 Å². The molecule has 1 radical (unpaired) electrons. The Hall–Kier alpha value is -1.60. The third-order valence-corrected chi connectivity index (χ3v) is 3.01. The van der Waals surface area contributed by atoms with Crippen LogP contribution < -0.4 is 5.32 Å². The molecule has 1 aromatic carbocycles. The van der Waals surface area contributed by atoms with Crippen LogP contribution in [0.1, 0.15) is 0 Å². The number of nitrogens with one attached hydrogen (secondary N) is 1. The third kappa shape index (κ3) is 2.32. The SMILES string of the molecule is CNc1c[c]c(Cl)cc1-n1nc([N+](=O)[O-])cc1Br. The van der Waals surface area contributed by atoms with Gasteiger partial charge in [-0.1, -0.05) is 11.6 Å². The fraction of sp³-hybridized carbons (Fsp3) is 0.100. The second-order valence-electron chi connectivity index (χ2n) is 3.32. The summed E-state index contributed by atoms with van der Waals surface area (Å²) in [6.45, 7) is 0. The Morgan fingerprint density at radius 3 is 2.89 bits per heavy atom. The second-order valence-corrected chi connectivity index (χ2v) is 4.54. The first kappa shape index (κ1) is 12.8. The summed E-state index contributed by atoms with van der Waals surface area (Å²) in [5.74, 6) is -0.243. The standard InChI is InChI=1S/C10H7BrClN4O2/c1-13-7-3-2-6(12)4-8(7)15-9(11)5-10(14-15)16(17)18/h3-5,13H,1H3. The number of benzene rings is 1. The maximum atomic E-state index is 10.7. The Bertz CT molecular complexity index is 614. The molecule has 0 saturated heterocycles. The summed E-state index contributed by atoms with van der Waals surface area (Å²) in [4.78, 5) is 10.1. The molecule has 0 spiro atoms. The first-order chi connectivity index (χ1) is 8.52. The maximum absolute atomic E-state index is 10.7. The van der Waals surface area contributed by atoms with Gasteiger partial charge in [-0.3, -0.25) is 0 Å². The molecule has 0 atom stereocenters. The number of anilines is 1. The molecule has 93 valence electrons. The van der Waals surface area contributed by atoms with Gasteiger partial charge in [-0.05, 0) is 33.0 Å². The van der Waals surface area contributed by atoms with E-state index in [4.69, 9.17) is 11.6 Å². The number of aromatic nitrogens is 2. The fourth-order valence-corrected chi connectivity index (χ4v) is 2.07. The van der Waals surface area contributed by atoms with E-state index in [0.29, 0.717) is 21.0 Å². The molecule has 0 amide bonds. The zero-order valence-corrected chi connectivity index (χ0v) is 11.5. The molecule has 0 bridgehead atoms. The summed E-state index contributed by atoms with van der Waals surface area (Å²) in [7, 11) is 1.73. The number of nitrogens with zero attached hydrogens (tertiary/aromatic N) is 3. The predicted molar refractivity (Wildman–Crippen MR) is 71.3 cm³/mol. The summed E-state index contributed by atoms with van der Waals surface area (Å²) < 4.78 is 1.86. The number of rotatable bonds is 3. The van der Waals surface area contributed by atoms with Gasteiger partial charge in [0.15, 0.2) is 0 Å². The van der Waals surface area contributed by atoms with Crippen molar-refractivity contribution >= 4 is 39.0 Å². The van der Waals surface area contributed by atoms with Crippen molar-refractivity contribution in [1.82, 2.24) is 9.78 Å². The first-order valence-corrected chi connectivity index (χ1v) is 5.99. The van der Waals surface area contributed by atoms with Gasteiger partial charge in [0.05, 0.1) is 21.9 Å². The molecular formula is C10H7BrClN4O2. The molecule has 1 heterocycles. The van der Waals surface area contributed by atoms with Gasteiger partial charge in [0.25, 0.3) is 0 Å². The number of hydrogen-bond acceptors (Lipinski definition) is 4. The summed E-state index contributed by atoms with van der Waals surface area (Å²) >= 11 is 9.10. The van der Waals surface area contributed by atoms with Crippen LogP contribution >= 0.6 is 27.5 Å². The minimum absolute atomic E-state index is 0.243. The second kappa shape index (κ2) is 4.95. The Morgan fingerprint density at radius 2 is 2.33 bits per heavy atom. The van der Waals surface area contributed by atoms with Gasteiger partial charge in [-0.2, -0.15) is 0 Å². The van der Waals surface area contributed by atoms with Crippen molar-refractivity contribution in [2.75, 3.05) is 12.4 Å². The highest BCUT2D eigenvalue weighted by molar-refractivity contribution is 9.10. The van der Waals surface area contributed by atoms with Crippen LogP contribution in [0.25, 0.3) is 5.69 Å². The summed E-state index contributed by atoms with van der Waals surface area (Å²) in [5.41, 5.74) is 1.30. The van der Waals surface area contributed by atoms with Gasteiger partial charge in [-0.15, -0.1) is 4.68 Å². The molecule has 0 aliphatic rings. The van der Waals surface area contributed by atoms with E-state index in [1.165, 1.54) is 10.7 Å². The van der Waals surface area contributed by atoms with Crippen LogP contribution in [0.2, 0.25) is 5.02 Å². The van der Waals surface area contributed by atoms with Crippen LogP contribution in [-0.2, 0) is 0 Å². The van der Waals surface area contributed by atoms with Crippen molar-refractivity contribution < 1.29 is 4.92 Å². The topological polar surface area (TPSA) is 73.0 Å². The van der Waals surface area contributed by atoms with Gasteiger partial charge >= 0.3 is 5.82 Å². The minimum Gasteiger partial charge on any atom is -0.386 e. The molecule has 1 N–H and O–H groups in total. The van der Waals surface area contributed by atoms with Crippen molar-refractivity contribution in [3.05, 3.63) is 44.0 Å². The fourth-order valence-electron chi connectivity index (χ4n) is 1.43. The third-order valence-electron chi connectivity index (χ3n) is 2.23. The molecule has 2 rings (SSSR count). The van der Waals surface area contributed by atoms with E-state index in [1.54, 1.807) is 19.2 Å². The molecule has 0 aliphatic carbocycles. The molecule has 0 fully saturated rings. The van der Waals surface area contributed by atoms with Gasteiger partial charge < -0.3 is 15.4 Å². The summed E-state index contributed by atoms with van der Waals surface area (Å²) in [6.07, 6.45) is 0. The quantitative estimate of drug-likeness (QED) is 0.693. The van der Waals surface area contributed by atoms with Gasteiger partial charge in [0, 0.05) is 13.1 Å². The highest BCUT2D eigenvalue weighted by Crippen LogP contribution is 2.28. The Kier molecular flexibility index (Phi) is 3.53. The summed E-state index contributed by atoms with van der Waals surface area (Å²) in [6, 6.07) is 7.42. The molecule has 0 unspecified atom stereocenters. The molecule has 0 aliphatic heterocycles. The predicted octanol–water partition coefficient (Wildman–Crippen LogP) is 3.04. The van der Waals surface area contributed by atoms with E-state index in [9.17, 15) is 10.1 Å². The largest absolute Gasteiger partial charge is 0.391 e. The lowest BCUT2D eigenvalue weighted by Gasteiger charge is -2.07. The van der Waals surface area contributed by atoms with E-state index in [1.807, 2.05) is 0 Å². The molecule has 6 nitrogen and oxygen atoms in total. The number of nitro groups is 1. The van der Waals surface area contributed by atoms with E-state index < -0.39 is 4.92 Å². The molecule has 2 aromatic rings. The van der Waals surface area contributed by atoms with Crippen molar-refractivity contribution in [2.45, 2.75) is 0 Å². The smallest absolute Gasteiger partial charge is 0.386 e. The minimum atomic E-state index is -0.559. The van der Waals surface area contributed by atoms with Crippen molar-refractivity contribution in [1.29, 1.82) is 0 Å². The Morgan fingerprint density at radius 1 is 1.61 bits per heavy atom. The van der Waals surface area contributed by atoms with Gasteiger partial charge in [0.2, 0.25) is 0 Å². The molecule has 0 saturated carbocycles. The van der Waals surface area contributed by atoms with Crippen LogP contribution in [0.5, 0.6) is 0 Å².